The van der Waals surface area contributed by atoms with Crippen LogP contribution in [-0.4, -0.2) is 66.7 Å². The van der Waals surface area contributed by atoms with E-state index in [-0.39, 0.29) is 28.7 Å². The predicted octanol–water partition coefficient (Wildman–Crippen LogP) is 1.47. The molecule has 38 heavy (non-hydrogen) atoms. The number of hydrogen-bond donors (Lipinski definition) is 4. The maximum absolute atomic E-state index is 15.7. The number of nitrogens with two attached hydrogens (primary N) is 2. The fourth-order valence-electron chi connectivity index (χ4n) is 4.23. The Hall–Kier alpha value is -3.36. The number of imidazole rings is 1. The Morgan fingerprint density at radius 2 is 1.97 bits per heavy atom. The van der Waals surface area contributed by atoms with Crippen LogP contribution in [0.15, 0.2) is 36.7 Å². The number of ether oxygens (including phenoxy) is 2. The van der Waals surface area contributed by atoms with Crippen molar-refractivity contribution in [2.24, 2.45) is 0 Å². The van der Waals surface area contributed by atoms with Gasteiger partial charge < -0.3 is 30.6 Å². The van der Waals surface area contributed by atoms with E-state index in [4.69, 9.17) is 30.0 Å². The van der Waals surface area contributed by atoms with Crippen molar-refractivity contribution in [2.75, 3.05) is 11.5 Å². The number of benzene rings is 1. The van der Waals surface area contributed by atoms with Crippen LogP contribution in [-0.2, 0) is 23.4 Å². The maximum Gasteiger partial charge on any atom is 0.459 e. The summed E-state index contributed by atoms with van der Waals surface area (Å²) in [6, 6.07) is 6.91. The highest BCUT2D eigenvalue weighted by Gasteiger charge is 2.80. The largest absolute Gasteiger partial charge is 0.462 e. The summed E-state index contributed by atoms with van der Waals surface area (Å²) in [5.74, 6) is -0.700. The first-order chi connectivity index (χ1) is 17.9. The van der Waals surface area contributed by atoms with Crippen LogP contribution in [0.3, 0.4) is 0 Å². The number of alkyl halides is 1. The van der Waals surface area contributed by atoms with E-state index in [1.54, 1.807) is 32.0 Å². The van der Waals surface area contributed by atoms with Gasteiger partial charge in [0, 0.05) is 0 Å². The van der Waals surface area contributed by atoms with Gasteiger partial charge in [0.25, 0.3) is 0 Å². The number of esters is 1. The third-order valence-corrected chi connectivity index (χ3v) is 7.73. The molecule has 0 radical (unpaired) electrons. The van der Waals surface area contributed by atoms with Gasteiger partial charge in [0.1, 0.15) is 29.5 Å². The Morgan fingerprint density at radius 3 is 2.61 bits per heavy atom. The van der Waals surface area contributed by atoms with Gasteiger partial charge in [-0.1, -0.05) is 18.2 Å². The summed E-state index contributed by atoms with van der Waals surface area (Å²) in [6.07, 6.45) is -5.19. The van der Waals surface area contributed by atoms with Crippen LogP contribution >= 0.6 is 7.75 Å². The summed E-state index contributed by atoms with van der Waals surface area (Å²) in [6.45, 7) is 4.73. The highest BCUT2D eigenvalue weighted by molar-refractivity contribution is 7.52. The molecule has 2 fully saturated rings. The molecule has 0 amide bonds. The first kappa shape index (κ1) is 26.3. The van der Waals surface area contributed by atoms with Gasteiger partial charge >= 0.3 is 13.7 Å². The molecular formula is C22H27FN7O7P. The average Bonchev–Trinajstić information content (AvgIpc) is 3.10. The van der Waals surface area contributed by atoms with Crippen molar-refractivity contribution in [1.29, 1.82) is 0 Å². The van der Waals surface area contributed by atoms with Crippen LogP contribution in [0, 0.1) is 0 Å². The van der Waals surface area contributed by atoms with E-state index in [1.807, 2.05) is 0 Å². The van der Waals surface area contributed by atoms with Crippen molar-refractivity contribution in [1.82, 2.24) is 24.6 Å². The van der Waals surface area contributed by atoms with Crippen LogP contribution in [0.2, 0.25) is 0 Å². The molecule has 7 atom stereocenters. The van der Waals surface area contributed by atoms with Gasteiger partial charge in [0.15, 0.2) is 29.5 Å². The number of fused-ring (bicyclic) bond motifs is 2. The maximum atomic E-state index is 15.7. The first-order valence-corrected chi connectivity index (χ1v) is 13.3. The Morgan fingerprint density at radius 1 is 1.26 bits per heavy atom. The van der Waals surface area contributed by atoms with Gasteiger partial charge in [0.05, 0.1) is 12.4 Å². The van der Waals surface area contributed by atoms with Crippen molar-refractivity contribution in [3.8, 4) is 5.75 Å². The zero-order chi connectivity index (χ0) is 27.4. The summed E-state index contributed by atoms with van der Waals surface area (Å²) >= 11 is 0. The van der Waals surface area contributed by atoms with Crippen LogP contribution in [0.1, 0.15) is 27.0 Å². The van der Waals surface area contributed by atoms with Crippen LogP contribution in [0.25, 0.3) is 11.2 Å². The highest BCUT2D eigenvalue weighted by atomic mass is 31.2. The molecule has 1 saturated heterocycles. The van der Waals surface area contributed by atoms with E-state index < -0.39 is 56.1 Å². The quantitative estimate of drug-likeness (QED) is 0.220. The van der Waals surface area contributed by atoms with Gasteiger partial charge in [-0.25, -0.2) is 13.9 Å². The Kier molecular flexibility index (Phi) is 6.52. The average molecular weight is 551 g/mol. The Bertz CT molecular complexity index is 1410. The summed E-state index contributed by atoms with van der Waals surface area (Å²) in [5, 5.41) is 13.6. The lowest BCUT2D eigenvalue weighted by atomic mass is 10.2. The number of rotatable bonds is 9. The van der Waals surface area contributed by atoms with Gasteiger partial charge in [-0.2, -0.15) is 15.1 Å². The second-order valence-electron chi connectivity index (χ2n) is 9.29. The molecule has 1 saturated carbocycles. The monoisotopic (exact) mass is 551 g/mol. The van der Waals surface area contributed by atoms with Gasteiger partial charge in [0.2, 0.25) is 5.95 Å². The van der Waals surface area contributed by atoms with Gasteiger partial charge in [-0.15, -0.1) is 0 Å². The fraction of sp³-hybridized carbons (Fsp3) is 0.455. The normalized spacial score (nSPS) is 28.6. The minimum Gasteiger partial charge on any atom is -0.462 e. The number of aliphatic hydroxyl groups is 1. The number of anilines is 2. The van der Waals surface area contributed by atoms with Crippen molar-refractivity contribution in [3.05, 3.63) is 36.7 Å². The molecule has 3 heterocycles. The smallest absolute Gasteiger partial charge is 0.459 e. The number of halogens is 1. The van der Waals surface area contributed by atoms with Crippen molar-refractivity contribution in [3.63, 3.8) is 0 Å². The third-order valence-electron chi connectivity index (χ3n) is 6.07. The van der Waals surface area contributed by atoms with E-state index in [9.17, 15) is 14.5 Å². The minimum absolute atomic E-state index is 0.0000712. The Balaban J connectivity index is 1.36. The SMILES string of the molecule is CC(C)OC(=O)[C@H](C)N[P@@](=O)(Oc1ccccc1)OC1[C@H]2O[C@@H](n3cnc4c(N)nc(N)nc43)[C@@H](F)[C@@]12O. The Labute approximate surface area is 216 Å². The van der Waals surface area contributed by atoms with Crippen LogP contribution in [0.4, 0.5) is 16.2 Å². The highest BCUT2D eigenvalue weighted by Crippen LogP contribution is 2.62. The molecule has 1 unspecified atom stereocenters. The fourth-order valence-corrected chi connectivity index (χ4v) is 5.95. The number of para-hydroxylation sites is 1. The molecule has 14 nitrogen and oxygen atoms in total. The molecule has 1 aliphatic heterocycles. The van der Waals surface area contributed by atoms with Crippen molar-refractivity contribution in [2.45, 2.75) is 63.1 Å². The molecule has 3 aromatic rings. The number of nitrogens with zero attached hydrogens (tertiary/aromatic N) is 4. The molecule has 204 valence electrons. The standard InChI is InChI=1S/C22H27FN7O7P/c1-10(2)34-20(31)11(3)29-38(33,36-12-7-5-4-6-8-12)37-16-15-22(16,32)14(23)19(35-15)30-9-26-13-17(24)27-21(25)28-18(13)30/h4-11,14-16,19,32H,1-3H3,(H,29,33)(H4,24,25,27,28)/t11-,14+,15+,16?,19+,22-,38+/m0/s1. The van der Waals surface area contributed by atoms with E-state index in [0.717, 1.165) is 0 Å². The molecule has 16 heteroatoms. The predicted molar refractivity (Wildman–Crippen MR) is 131 cm³/mol. The van der Waals surface area contributed by atoms with E-state index in [0.29, 0.717) is 0 Å². The number of carbonyl (C=O) groups is 1. The van der Waals surface area contributed by atoms with Crippen molar-refractivity contribution < 1.29 is 37.4 Å². The molecule has 0 spiro atoms. The topological polar surface area (TPSA) is 199 Å². The summed E-state index contributed by atoms with van der Waals surface area (Å²) in [4.78, 5) is 24.3. The lowest BCUT2D eigenvalue weighted by Crippen LogP contribution is -2.38. The molecule has 0 bridgehead atoms. The zero-order valence-electron chi connectivity index (χ0n) is 20.6. The van der Waals surface area contributed by atoms with E-state index >= 15 is 4.39 Å². The number of aromatic nitrogens is 4. The molecule has 2 aromatic heterocycles. The second-order valence-corrected chi connectivity index (χ2v) is 10.9. The molecule has 2 aliphatic rings. The number of nitrogens with one attached hydrogen (secondary N) is 1. The summed E-state index contributed by atoms with van der Waals surface area (Å²) < 4.78 is 52.7. The number of carbonyl (C=O) groups excluding carboxylic acids is 1. The van der Waals surface area contributed by atoms with Crippen molar-refractivity contribution >= 4 is 36.6 Å². The molecular weight excluding hydrogens is 524 g/mol. The minimum atomic E-state index is -4.37. The lowest BCUT2D eigenvalue weighted by Gasteiger charge is -2.26. The molecule has 1 aliphatic carbocycles. The summed E-state index contributed by atoms with van der Waals surface area (Å²) in [5.41, 5.74) is 9.59. The number of nitrogen functional groups attached to an aromatic ring is 2. The molecule has 5 rings (SSSR count). The zero-order valence-corrected chi connectivity index (χ0v) is 21.5. The third kappa shape index (κ3) is 4.56. The van der Waals surface area contributed by atoms with E-state index in [1.165, 1.54) is 30.0 Å². The molecule has 1 aromatic carbocycles. The van der Waals surface area contributed by atoms with Gasteiger partial charge in [-0.3, -0.25) is 13.9 Å². The second kappa shape index (κ2) is 9.43. The number of hydrogen-bond acceptors (Lipinski definition) is 12. The first-order valence-electron chi connectivity index (χ1n) is 11.7. The van der Waals surface area contributed by atoms with Gasteiger partial charge in [-0.05, 0) is 32.9 Å². The summed E-state index contributed by atoms with van der Waals surface area (Å²) in [7, 11) is -4.37. The molecule has 6 N–H and O–H groups in total. The lowest BCUT2D eigenvalue weighted by molar-refractivity contribution is -0.149. The van der Waals surface area contributed by atoms with Crippen LogP contribution < -0.4 is 21.1 Å². The van der Waals surface area contributed by atoms with E-state index in [2.05, 4.69) is 20.0 Å². The van der Waals surface area contributed by atoms with Crippen LogP contribution in [0.5, 0.6) is 5.75 Å².